The van der Waals surface area contributed by atoms with Gasteiger partial charge in [-0.2, -0.15) is 0 Å². The summed E-state index contributed by atoms with van der Waals surface area (Å²) in [6.45, 7) is 3.22. The third kappa shape index (κ3) is 1.29. The molecule has 0 saturated carbocycles. The van der Waals surface area contributed by atoms with Crippen LogP contribution in [0.1, 0.15) is 34.9 Å². The lowest BCUT2D eigenvalue weighted by molar-refractivity contribution is -0.0592. The van der Waals surface area contributed by atoms with Crippen molar-refractivity contribution in [3.8, 4) is 0 Å². The molecule has 0 bridgehead atoms. The van der Waals surface area contributed by atoms with Crippen molar-refractivity contribution in [1.82, 2.24) is 0 Å². The van der Waals surface area contributed by atoms with E-state index in [0.717, 1.165) is 11.5 Å². The molecule has 84 valence electrons. The van der Waals surface area contributed by atoms with E-state index >= 15 is 0 Å². The highest BCUT2D eigenvalue weighted by atomic mass is 16.7. The Balaban J connectivity index is -0.0000000133. The van der Waals surface area contributed by atoms with E-state index in [4.69, 9.17) is 13.9 Å². The largest absolute Gasteiger partial charge is 0.461 e. The summed E-state index contributed by atoms with van der Waals surface area (Å²) in [5.74, 6) is 1.65. The standard InChI is InChI=1S/C8H10O3.12H2/c1-6-2-3-7(11-6)8-9-4-5-10-8;;;;;;;;;;;;/h2-3,8H,4-5H2,1H3;12*1H. The minimum Gasteiger partial charge on any atom is -0.461 e. The Morgan fingerprint density at radius 1 is 1.36 bits per heavy atom. The zero-order valence-electron chi connectivity index (χ0n) is 6.37. The van der Waals surface area contributed by atoms with Gasteiger partial charge in [-0.25, -0.2) is 0 Å². The molecule has 0 amide bonds. The second-order valence-corrected chi connectivity index (χ2v) is 2.52. The first-order chi connectivity index (χ1) is 5.36. The maximum Gasteiger partial charge on any atom is 0.217 e. The molecule has 11 heavy (non-hydrogen) atoms. The number of aryl methyl sites for hydroxylation is 1. The quantitative estimate of drug-likeness (QED) is 0.630. The van der Waals surface area contributed by atoms with Crippen LogP contribution in [0.2, 0.25) is 0 Å². The van der Waals surface area contributed by atoms with Crippen LogP contribution >= 0.6 is 0 Å². The van der Waals surface area contributed by atoms with E-state index in [2.05, 4.69) is 0 Å². The Kier molecular flexibility index (Phi) is 1.68. The van der Waals surface area contributed by atoms with Crippen LogP contribution in [-0.2, 0) is 9.47 Å². The molecule has 1 aliphatic rings. The second kappa shape index (κ2) is 2.68. The Morgan fingerprint density at radius 2 is 2.09 bits per heavy atom. The van der Waals surface area contributed by atoms with Gasteiger partial charge in [0.1, 0.15) is 5.76 Å². The van der Waals surface area contributed by atoms with Crippen molar-refractivity contribution >= 4 is 0 Å². The fraction of sp³-hybridized carbons (Fsp3) is 0.500. The lowest BCUT2D eigenvalue weighted by atomic mass is 10.4. The molecule has 3 nitrogen and oxygen atoms in total. The Hall–Kier alpha value is -0.800. The predicted octanol–water partition coefficient (Wildman–Crippen LogP) is 4.59. The summed E-state index contributed by atoms with van der Waals surface area (Å²) < 4.78 is 15.8. The SMILES string of the molecule is Cc1ccc(C2OCCO2)o1.[HH].[HH].[HH].[HH].[HH].[HH].[HH].[HH].[HH].[HH].[HH].[HH]. The van der Waals surface area contributed by atoms with Crippen molar-refractivity contribution in [3.63, 3.8) is 0 Å². The van der Waals surface area contributed by atoms with Crippen molar-refractivity contribution in [3.05, 3.63) is 23.7 Å². The highest BCUT2D eigenvalue weighted by molar-refractivity contribution is 5.06. The molecule has 1 saturated heterocycles. The van der Waals surface area contributed by atoms with Crippen LogP contribution in [0.3, 0.4) is 0 Å². The number of hydrogen-bond donors (Lipinski definition) is 0. The summed E-state index contributed by atoms with van der Waals surface area (Å²) in [6, 6.07) is 3.78. The third-order valence-electron chi connectivity index (χ3n) is 1.62. The maximum atomic E-state index is 5.32. The van der Waals surface area contributed by atoms with E-state index in [9.17, 15) is 0 Å². The summed E-state index contributed by atoms with van der Waals surface area (Å²) >= 11 is 0. The first-order valence-corrected chi connectivity index (χ1v) is 3.66. The molecular formula is C8H34O3. The van der Waals surface area contributed by atoms with Crippen molar-refractivity contribution in [2.24, 2.45) is 0 Å². The fourth-order valence-electron chi connectivity index (χ4n) is 1.10. The van der Waals surface area contributed by atoms with Gasteiger partial charge in [0.15, 0.2) is 5.76 Å². The number of ether oxygens (including phenoxy) is 2. The van der Waals surface area contributed by atoms with Crippen LogP contribution in [-0.4, -0.2) is 13.2 Å². The molecule has 0 spiro atoms. The van der Waals surface area contributed by atoms with E-state index in [-0.39, 0.29) is 23.4 Å². The molecule has 3 heteroatoms. The Morgan fingerprint density at radius 3 is 2.64 bits per heavy atom. The van der Waals surface area contributed by atoms with Gasteiger partial charge < -0.3 is 13.9 Å². The molecule has 0 radical (unpaired) electrons. The summed E-state index contributed by atoms with van der Waals surface area (Å²) in [4.78, 5) is 0. The van der Waals surface area contributed by atoms with Gasteiger partial charge in [0.25, 0.3) is 0 Å². The Labute approximate surface area is 82.7 Å². The zero-order chi connectivity index (χ0) is 7.68. The minimum absolute atomic E-state index is 0. The fourth-order valence-corrected chi connectivity index (χ4v) is 1.10. The average Bonchev–Trinajstić information content (AvgIpc) is 2.55. The highest BCUT2D eigenvalue weighted by Gasteiger charge is 2.20. The molecule has 0 N–H and O–H groups in total. The lowest BCUT2D eigenvalue weighted by Gasteiger charge is -2.03. The molecule has 0 aliphatic carbocycles. The highest BCUT2D eigenvalue weighted by Crippen LogP contribution is 2.24. The normalized spacial score (nSPS) is 19.4. The zero-order valence-corrected chi connectivity index (χ0v) is 6.37. The molecule has 1 aromatic rings. The van der Waals surface area contributed by atoms with Crippen molar-refractivity contribution in [1.29, 1.82) is 0 Å². The summed E-state index contributed by atoms with van der Waals surface area (Å²) in [5, 5.41) is 0. The first-order valence-electron chi connectivity index (χ1n) is 3.66. The van der Waals surface area contributed by atoms with Gasteiger partial charge in [-0.05, 0) is 19.1 Å². The summed E-state index contributed by atoms with van der Waals surface area (Å²) in [7, 11) is 0. The second-order valence-electron chi connectivity index (χ2n) is 2.52. The molecule has 0 aromatic carbocycles. The van der Waals surface area contributed by atoms with Crippen LogP contribution < -0.4 is 0 Å². The van der Waals surface area contributed by atoms with Crippen LogP contribution in [0.5, 0.6) is 0 Å². The maximum absolute atomic E-state index is 5.32. The number of hydrogen-bond acceptors (Lipinski definition) is 3. The predicted molar refractivity (Wildman–Crippen MR) is 63.5 cm³/mol. The van der Waals surface area contributed by atoms with Crippen molar-refractivity contribution in [2.75, 3.05) is 13.2 Å². The smallest absolute Gasteiger partial charge is 0.217 e. The van der Waals surface area contributed by atoms with E-state index in [1.165, 1.54) is 0 Å². The molecule has 0 unspecified atom stereocenters. The van der Waals surface area contributed by atoms with Gasteiger partial charge in [-0.1, -0.05) is 0 Å². The van der Waals surface area contributed by atoms with E-state index in [0.29, 0.717) is 13.2 Å². The summed E-state index contributed by atoms with van der Waals surface area (Å²) in [5.41, 5.74) is 0. The van der Waals surface area contributed by atoms with Gasteiger partial charge in [-0.3, -0.25) is 0 Å². The van der Waals surface area contributed by atoms with E-state index in [1.807, 2.05) is 19.1 Å². The van der Waals surface area contributed by atoms with Gasteiger partial charge in [0.05, 0.1) is 13.2 Å². The van der Waals surface area contributed by atoms with Crippen LogP contribution in [0.15, 0.2) is 16.5 Å². The molecule has 2 rings (SSSR count). The first kappa shape index (κ1) is 6.88. The molecule has 0 atom stereocenters. The molecule has 1 aliphatic heterocycles. The van der Waals surface area contributed by atoms with Crippen molar-refractivity contribution < 1.29 is 31.0 Å². The van der Waals surface area contributed by atoms with Crippen molar-refractivity contribution in [2.45, 2.75) is 13.2 Å². The third-order valence-corrected chi connectivity index (χ3v) is 1.62. The van der Waals surface area contributed by atoms with Gasteiger partial charge >= 0.3 is 0 Å². The monoisotopic (exact) mass is 178 g/mol. The number of furan rings is 1. The van der Waals surface area contributed by atoms with Crippen LogP contribution in [0.4, 0.5) is 0 Å². The number of rotatable bonds is 1. The topological polar surface area (TPSA) is 31.6 Å². The Bertz CT molecular complexity index is 258. The van der Waals surface area contributed by atoms with Crippen LogP contribution in [0, 0.1) is 6.92 Å². The molecule has 1 aromatic heterocycles. The molecular weight excluding hydrogens is 144 g/mol. The van der Waals surface area contributed by atoms with E-state index < -0.39 is 0 Å². The van der Waals surface area contributed by atoms with Gasteiger partial charge in [0, 0.05) is 17.1 Å². The average molecular weight is 178 g/mol. The van der Waals surface area contributed by atoms with Crippen LogP contribution in [0.25, 0.3) is 0 Å². The molecule has 2 heterocycles. The molecule has 1 fully saturated rings. The van der Waals surface area contributed by atoms with Gasteiger partial charge in [-0.15, -0.1) is 0 Å². The lowest BCUT2D eigenvalue weighted by Crippen LogP contribution is -1.94. The van der Waals surface area contributed by atoms with Gasteiger partial charge in [0.2, 0.25) is 6.29 Å². The minimum atomic E-state index is -0.274. The van der Waals surface area contributed by atoms with E-state index in [1.54, 1.807) is 0 Å². The summed E-state index contributed by atoms with van der Waals surface area (Å²) in [6.07, 6.45) is -0.274.